The summed E-state index contributed by atoms with van der Waals surface area (Å²) in [5.41, 5.74) is 2.57. The summed E-state index contributed by atoms with van der Waals surface area (Å²) in [6.45, 7) is 6.03. The van der Waals surface area contributed by atoms with Gasteiger partial charge >= 0.3 is 6.03 Å². The van der Waals surface area contributed by atoms with Crippen molar-refractivity contribution in [3.8, 4) is 11.5 Å². The summed E-state index contributed by atoms with van der Waals surface area (Å²) in [5.74, 6) is 0.407. The highest BCUT2D eigenvalue weighted by molar-refractivity contribution is 6.35. The average molecular weight is 682 g/mol. The number of carbonyl (C=O) groups is 1. The van der Waals surface area contributed by atoms with Gasteiger partial charge in [0.05, 0.1) is 31.6 Å². The minimum atomic E-state index is -1.10. The Bertz CT molecular complexity index is 1600. The number of imidazole rings is 1. The molecule has 0 aliphatic carbocycles. The minimum Gasteiger partial charge on any atom is -0.497 e. The number of amides is 2. The molecule has 11 nitrogen and oxygen atoms in total. The van der Waals surface area contributed by atoms with Gasteiger partial charge in [0.25, 0.3) is 0 Å². The van der Waals surface area contributed by atoms with Crippen molar-refractivity contribution in [2.24, 2.45) is 0 Å². The van der Waals surface area contributed by atoms with Crippen LogP contribution in [0.1, 0.15) is 5.56 Å². The predicted octanol–water partition coefficient (Wildman–Crippen LogP) is 5.49. The van der Waals surface area contributed by atoms with Crippen molar-refractivity contribution in [3.05, 3.63) is 101 Å². The molecule has 6 rings (SSSR count). The Balaban J connectivity index is 0.939. The third-order valence-electron chi connectivity index (χ3n) is 8.22. The van der Waals surface area contributed by atoms with Crippen molar-refractivity contribution in [3.63, 3.8) is 0 Å². The van der Waals surface area contributed by atoms with Crippen LogP contribution in [0.5, 0.6) is 11.5 Å². The fourth-order valence-electron chi connectivity index (χ4n) is 5.72. The third-order valence-corrected chi connectivity index (χ3v) is 8.77. The van der Waals surface area contributed by atoms with E-state index in [0.29, 0.717) is 41.9 Å². The van der Waals surface area contributed by atoms with Gasteiger partial charge < -0.3 is 39.0 Å². The summed E-state index contributed by atoms with van der Waals surface area (Å²) in [6, 6.07) is 20.5. The molecular formula is C34H38Cl2N6O5. The van der Waals surface area contributed by atoms with Crippen LogP contribution in [0, 0.1) is 0 Å². The normalized spacial score (nSPS) is 19.8. The zero-order valence-corrected chi connectivity index (χ0v) is 27.6. The first-order chi connectivity index (χ1) is 22.9. The van der Waals surface area contributed by atoms with E-state index in [-0.39, 0.29) is 12.1 Å². The average Bonchev–Trinajstić information content (AvgIpc) is 3.75. The Morgan fingerprint density at radius 2 is 1.79 bits per heavy atom. The van der Waals surface area contributed by atoms with Crippen molar-refractivity contribution >= 4 is 40.6 Å². The first-order valence-corrected chi connectivity index (χ1v) is 16.3. The van der Waals surface area contributed by atoms with E-state index in [1.807, 2.05) is 53.2 Å². The molecule has 2 N–H and O–H groups in total. The molecule has 0 unspecified atom stereocenters. The summed E-state index contributed by atoms with van der Waals surface area (Å²) >= 11 is 12.7. The third kappa shape index (κ3) is 8.48. The molecule has 2 atom stereocenters. The van der Waals surface area contributed by atoms with E-state index in [2.05, 4.69) is 37.6 Å². The zero-order chi connectivity index (χ0) is 32.6. The Kier molecular flexibility index (Phi) is 10.7. The van der Waals surface area contributed by atoms with Gasteiger partial charge in [-0.15, -0.1) is 0 Å². The Labute approximate surface area is 284 Å². The zero-order valence-electron chi connectivity index (χ0n) is 26.1. The van der Waals surface area contributed by atoms with Gasteiger partial charge in [-0.05, 0) is 60.7 Å². The fourth-order valence-corrected chi connectivity index (χ4v) is 6.28. The minimum absolute atomic E-state index is 0.220. The molecule has 2 saturated heterocycles. The smallest absolute Gasteiger partial charge is 0.319 e. The molecular weight excluding hydrogens is 643 g/mol. The van der Waals surface area contributed by atoms with Crippen LogP contribution in [0.4, 0.5) is 16.2 Å². The number of hydrogen-bond donors (Lipinski definition) is 2. The first kappa shape index (κ1) is 32.9. The van der Waals surface area contributed by atoms with Gasteiger partial charge in [0.15, 0.2) is 0 Å². The molecule has 4 aromatic rings. The lowest BCUT2D eigenvalue weighted by Gasteiger charge is -2.36. The molecule has 3 aromatic carbocycles. The topological polar surface area (TPSA) is 102 Å². The highest BCUT2D eigenvalue weighted by atomic mass is 35.5. The summed E-state index contributed by atoms with van der Waals surface area (Å²) in [7, 11) is 1.61. The van der Waals surface area contributed by atoms with Gasteiger partial charge in [0.1, 0.15) is 24.2 Å². The number of piperazine rings is 1. The first-order valence-electron chi connectivity index (χ1n) is 15.5. The second kappa shape index (κ2) is 15.3. The number of urea groups is 1. The monoisotopic (exact) mass is 680 g/mol. The number of rotatable bonds is 12. The molecule has 47 heavy (non-hydrogen) atoms. The van der Waals surface area contributed by atoms with Crippen LogP contribution in [0.3, 0.4) is 0 Å². The number of nitrogens with one attached hydrogen (secondary N) is 2. The Morgan fingerprint density at radius 3 is 2.49 bits per heavy atom. The molecule has 2 aliphatic heterocycles. The van der Waals surface area contributed by atoms with E-state index in [1.54, 1.807) is 31.8 Å². The molecule has 0 spiro atoms. The Hall–Kier alpha value is -4.00. The van der Waals surface area contributed by atoms with Crippen LogP contribution in [-0.2, 0) is 21.8 Å². The lowest BCUT2D eigenvalue weighted by atomic mass is 10.1. The number of methoxy groups -OCH3 is 1. The van der Waals surface area contributed by atoms with Crippen LogP contribution in [0.15, 0.2) is 85.5 Å². The van der Waals surface area contributed by atoms with Crippen molar-refractivity contribution in [1.29, 1.82) is 0 Å². The molecule has 1 aromatic heterocycles. The van der Waals surface area contributed by atoms with E-state index in [1.165, 1.54) is 0 Å². The quantitative estimate of drug-likeness (QED) is 0.203. The number of halogens is 2. The SMILES string of the molecule is COc1ccc(NC(=O)NCCN2CCN(c3ccc(OC[C@@H]4CO[C@@](Cn5ccnc5)(c5ccc(Cl)cc5Cl)O4)cc3)CC2)cc1. The summed E-state index contributed by atoms with van der Waals surface area (Å²) in [6.07, 6.45) is 4.98. The maximum absolute atomic E-state index is 12.2. The van der Waals surface area contributed by atoms with Crippen molar-refractivity contribution in [2.75, 3.05) is 69.8 Å². The molecule has 0 saturated carbocycles. The predicted molar refractivity (Wildman–Crippen MR) is 182 cm³/mol. The summed E-state index contributed by atoms with van der Waals surface area (Å²) in [5, 5.41) is 6.79. The highest BCUT2D eigenvalue weighted by Crippen LogP contribution is 2.40. The van der Waals surface area contributed by atoms with Gasteiger partial charge in [-0.1, -0.05) is 29.3 Å². The number of anilines is 2. The van der Waals surface area contributed by atoms with Crippen LogP contribution >= 0.6 is 23.2 Å². The van der Waals surface area contributed by atoms with E-state index < -0.39 is 5.79 Å². The number of ether oxygens (including phenoxy) is 4. The number of benzene rings is 3. The van der Waals surface area contributed by atoms with E-state index >= 15 is 0 Å². The van der Waals surface area contributed by atoms with Crippen LogP contribution in [0.2, 0.25) is 10.0 Å². The molecule has 2 aliphatic rings. The van der Waals surface area contributed by atoms with Gasteiger partial charge in [0.2, 0.25) is 5.79 Å². The van der Waals surface area contributed by atoms with E-state index in [0.717, 1.165) is 55.6 Å². The maximum atomic E-state index is 12.2. The largest absolute Gasteiger partial charge is 0.497 e. The van der Waals surface area contributed by atoms with E-state index in [4.69, 9.17) is 42.1 Å². The van der Waals surface area contributed by atoms with Crippen molar-refractivity contribution in [1.82, 2.24) is 19.8 Å². The molecule has 0 radical (unpaired) electrons. The van der Waals surface area contributed by atoms with Crippen LogP contribution in [0.25, 0.3) is 0 Å². The van der Waals surface area contributed by atoms with Gasteiger partial charge in [-0.25, -0.2) is 9.78 Å². The van der Waals surface area contributed by atoms with E-state index in [9.17, 15) is 4.79 Å². The van der Waals surface area contributed by atoms with Gasteiger partial charge in [-0.2, -0.15) is 0 Å². The van der Waals surface area contributed by atoms with Crippen LogP contribution < -0.4 is 25.0 Å². The second-order valence-electron chi connectivity index (χ2n) is 11.4. The summed E-state index contributed by atoms with van der Waals surface area (Å²) in [4.78, 5) is 21.1. The molecule has 0 bridgehead atoms. The number of aromatic nitrogens is 2. The van der Waals surface area contributed by atoms with Crippen molar-refractivity contribution in [2.45, 2.75) is 18.4 Å². The van der Waals surface area contributed by atoms with Gasteiger partial charge in [0, 0.05) is 73.6 Å². The fraction of sp³-hybridized carbons (Fsp3) is 0.353. The number of carbonyl (C=O) groups excluding carboxylic acids is 1. The molecule has 3 heterocycles. The lowest BCUT2D eigenvalue weighted by molar-refractivity contribution is -0.189. The second-order valence-corrected chi connectivity index (χ2v) is 12.2. The Morgan fingerprint density at radius 1 is 1.02 bits per heavy atom. The number of hydrogen-bond acceptors (Lipinski definition) is 8. The molecule has 2 amide bonds. The maximum Gasteiger partial charge on any atom is 0.319 e. The molecule has 2 fully saturated rings. The van der Waals surface area contributed by atoms with Crippen LogP contribution in [-0.4, -0.2) is 86.2 Å². The highest BCUT2D eigenvalue weighted by Gasteiger charge is 2.45. The standard InChI is InChI=1S/C34H38Cl2N6O5/c1-44-28-7-3-26(4-8-28)39-33(43)38-13-15-40-16-18-42(19-17-40)27-5-9-29(10-6-27)45-21-30-22-46-34(47-30,23-41-14-12-37-24-41)31-11-2-25(35)20-32(31)36/h2-12,14,20,24,30H,13,15-19,21-23H2,1H3,(H2,38,39,43)/t30-,34-/m1/s1. The lowest BCUT2D eigenvalue weighted by Crippen LogP contribution is -2.48. The molecule has 13 heteroatoms. The number of nitrogens with zero attached hydrogens (tertiary/aromatic N) is 4. The van der Waals surface area contributed by atoms with Gasteiger partial charge in [-0.3, -0.25) is 4.90 Å². The van der Waals surface area contributed by atoms with Crippen molar-refractivity contribution < 1.29 is 23.7 Å². The summed E-state index contributed by atoms with van der Waals surface area (Å²) < 4.78 is 25.9. The molecule has 248 valence electrons.